The zero-order chi connectivity index (χ0) is 11.1. The van der Waals surface area contributed by atoms with Gasteiger partial charge in [0.15, 0.2) is 0 Å². The topological polar surface area (TPSA) is 20.2 Å². The Kier molecular flexibility index (Phi) is 2.73. The Morgan fingerprint density at radius 3 is 2.73 bits per heavy atom. The maximum Gasteiger partial charge on any atom is 0.0732 e. The number of rotatable bonds is 1. The van der Waals surface area contributed by atoms with E-state index in [2.05, 4.69) is 32.2 Å². The van der Waals surface area contributed by atoms with E-state index >= 15 is 0 Å². The van der Waals surface area contributed by atoms with Gasteiger partial charge in [0.2, 0.25) is 0 Å². The molecule has 1 aliphatic rings. The van der Waals surface area contributed by atoms with E-state index in [0.717, 1.165) is 12.8 Å². The zero-order valence-corrected chi connectivity index (χ0v) is 10.4. The molecule has 2 rings (SSSR count). The third kappa shape index (κ3) is 2.32. The van der Waals surface area contributed by atoms with Gasteiger partial charge in [-0.05, 0) is 47.8 Å². The standard InChI is InChI=1S/C13H18OS/c1-9-4-5-15-12(9)10-6-11(14)8-13(2,3)7-10/h4-6,11,14H,7-8H2,1-3H3. The number of hydrogen-bond donors (Lipinski definition) is 1. The molecule has 0 saturated carbocycles. The first-order valence-electron chi connectivity index (χ1n) is 5.41. The monoisotopic (exact) mass is 222 g/mol. The lowest BCUT2D eigenvalue weighted by Crippen LogP contribution is -2.24. The molecule has 0 bridgehead atoms. The first-order chi connectivity index (χ1) is 6.98. The maximum atomic E-state index is 9.83. The van der Waals surface area contributed by atoms with E-state index in [1.54, 1.807) is 11.3 Å². The number of hydrogen-bond acceptors (Lipinski definition) is 2. The molecule has 0 fully saturated rings. The molecule has 0 saturated heterocycles. The summed E-state index contributed by atoms with van der Waals surface area (Å²) in [4.78, 5) is 1.35. The highest BCUT2D eigenvalue weighted by atomic mass is 32.1. The van der Waals surface area contributed by atoms with Crippen molar-refractivity contribution in [3.63, 3.8) is 0 Å². The van der Waals surface area contributed by atoms with Gasteiger partial charge in [0.05, 0.1) is 6.10 Å². The number of aliphatic hydroxyl groups excluding tert-OH is 1. The molecule has 0 aliphatic heterocycles. The molecule has 15 heavy (non-hydrogen) atoms. The minimum Gasteiger partial charge on any atom is -0.389 e. The van der Waals surface area contributed by atoms with Crippen LogP contribution in [0, 0.1) is 12.3 Å². The van der Waals surface area contributed by atoms with Crippen molar-refractivity contribution < 1.29 is 5.11 Å². The van der Waals surface area contributed by atoms with Crippen LogP contribution in [0.3, 0.4) is 0 Å². The highest BCUT2D eigenvalue weighted by Crippen LogP contribution is 2.41. The van der Waals surface area contributed by atoms with Gasteiger partial charge in [-0.1, -0.05) is 19.9 Å². The third-order valence-electron chi connectivity index (χ3n) is 2.98. The molecule has 82 valence electrons. The largest absolute Gasteiger partial charge is 0.389 e. The van der Waals surface area contributed by atoms with E-state index in [0.29, 0.717) is 0 Å². The summed E-state index contributed by atoms with van der Waals surface area (Å²) in [6, 6.07) is 2.15. The van der Waals surface area contributed by atoms with Gasteiger partial charge >= 0.3 is 0 Å². The van der Waals surface area contributed by atoms with Gasteiger partial charge in [0.25, 0.3) is 0 Å². The summed E-state index contributed by atoms with van der Waals surface area (Å²) in [5, 5.41) is 12.0. The van der Waals surface area contributed by atoms with E-state index < -0.39 is 0 Å². The van der Waals surface area contributed by atoms with Crippen molar-refractivity contribution in [1.29, 1.82) is 0 Å². The molecule has 1 aliphatic carbocycles. The highest BCUT2D eigenvalue weighted by molar-refractivity contribution is 7.11. The smallest absolute Gasteiger partial charge is 0.0732 e. The summed E-state index contributed by atoms with van der Waals surface area (Å²) in [6.45, 7) is 6.60. The normalized spacial score (nSPS) is 25.1. The fraction of sp³-hybridized carbons (Fsp3) is 0.538. The lowest BCUT2D eigenvalue weighted by atomic mass is 9.75. The third-order valence-corrected chi connectivity index (χ3v) is 4.07. The van der Waals surface area contributed by atoms with Crippen LogP contribution in [-0.2, 0) is 0 Å². The van der Waals surface area contributed by atoms with Crippen molar-refractivity contribution in [2.24, 2.45) is 5.41 Å². The summed E-state index contributed by atoms with van der Waals surface area (Å²) in [7, 11) is 0. The van der Waals surface area contributed by atoms with Crippen molar-refractivity contribution in [1.82, 2.24) is 0 Å². The Balaban J connectivity index is 2.34. The van der Waals surface area contributed by atoms with E-state index in [1.807, 2.05) is 6.08 Å². The molecule has 1 unspecified atom stereocenters. The molecule has 0 radical (unpaired) electrons. The lowest BCUT2D eigenvalue weighted by Gasteiger charge is -2.32. The minimum atomic E-state index is -0.273. The van der Waals surface area contributed by atoms with Crippen LogP contribution in [0.5, 0.6) is 0 Å². The number of aliphatic hydroxyl groups is 1. The summed E-state index contributed by atoms with van der Waals surface area (Å²) >= 11 is 1.78. The average molecular weight is 222 g/mol. The van der Waals surface area contributed by atoms with E-state index in [-0.39, 0.29) is 11.5 Å². The van der Waals surface area contributed by atoms with Crippen LogP contribution < -0.4 is 0 Å². The summed E-state index contributed by atoms with van der Waals surface area (Å²) in [5.74, 6) is 0. The van der Waals surface area contributed by atoms with Crippen LogP contribution in [0.25, 0.3) is 5.57 Å². The molecule has 1 atom stereocenters. The van der Waals surface area contributed by atoms with Gasteiger partial charge in [-0.25, -0.2) is 0 Å². The highest BCUT2D eigenvalue weighted by Gasteiger charge is 2.28. The molecule has 0 spiro atoms. The second-order valence-electron chi connectivity index (χ2n) is 5.24. The molecule has 0 aromatic carbocycles. The van der Waals surface area contributed by atoms with Crippen LogP contribution in [0.1, 0.15) is 37.1 Å². The quantitative estimate of drug-likeness (QED) is 0.769. The first-order valence-corrected chi connectivity index (χ1v) is 6.29. The zero-order valence-electron chi connectivity index (χ0n) is 9.58. The van der Waals surface area contributed by atoms with Crippen molar-refractivity contribution >= 4 is 16.9 Å². The average Bonchev–Trinajstić information content (AvgIpc) is 2.47. The van der Waals surface area contributed by atoms with Crippen molar-refractivity contribution in [3.05, 3.63) is 28.0 Å². The fourth-order valence-corrected chi connectivity index (χ4v) is 3.32. The molecule has 1 nitrogen and oxygen atoms in total. The molecule has 0 amide bonds. The molecule has 1 heterocycles. The van der Waals surface area contributed by atoms with Gasteiger partial charge in [-0.15, -0.1) is 11.3 Å². The first kappa shape index (κ1) is 10.9. The van der Waals surface area contributed by atoms with Gasteiger partial charge in [-0.2, -0.15) is 0 Å². The SMILES string of the molecule is Cc1ccsc1C1=CC(O)CC(C)(C)C1. The Morgan fingerprint density at radius 2 is 2.20 bits per heavy atom. The fourth-order valence-electron chi connectivity index (χ4n) is 2.36. The molecule has 1 N–H and O–H groups in total. The molecule has 1 aromatic heterocycles. The summed E-state index contributed by atoms with van der Waals surface area (Å²) in [5.41, 5.74) is 2.88. The van der Waals surface area contributed by atoms with E-state index in [4.69, 9.17) is 0 Å². The Labute approximate surface area is 95.5 Å². The number of thiophene rings is 1. The summed E-state index contributed by atoms with van der Waals surface area (Å²) < 4.78 is 0. The number of aryl methyl sites for hydroxylation is 1. The Morgan fingerprint density at radius 1 is 1.47 bits per heavy atom. The van der Waals surface area contributed by atoms with Crippen molar-refractivity contribution in [2.75, 3.05) is 0 Å². The second kappa shape index (κ2) is 3.76. The van der Waals surface area contributed by atoms with Gasteiger partial charge in [0, 0.05) is 4.88 Å². The van der Waals surface area contributed by atoms with Crippen LogP contribution >= 0.6 is 11.3 Å². The predicted octanol–water partition coefficient (Wildman–Crippen LogP) is 3.62. The van der Waals surface area contributed by atoms with Crippen LogP contribution in [0.2, 0.25) is 0 Å². The van der Waals surface area contributed by atoms with Crippen LogP contribution in [0.4, 0.5) is 0 Å². The van der Waals surface area contributed by atoms with Gasteiger partial charge in [-0.3, -0.25) is 0 Å². The molecular formula is C13H18OS. The Bertz CT molecular complexity index is 387. The lowest BCUT2D eigenvalue weighted by molar-refractivity contribution is 0.146. The van der Waals surface area contributed by atoms with Gasteiger partial charge < -0.3 is 5.11 Å². The maximum absolute atomic E-state index is 9.83. The van der Waals surface area contributed by atoms with Crippen molar-refractivity contribution in [2.45, 2.75) is 39.7 Å². The minimum absolute atomic E-state index is 0.222. The number of allylic oxidation sites excluding steroid dienone is 1. The van der Waals surface area contributed by atoms with E-state index in [1.165, 1.54) is 16.0 Å². The van der Waals surface area contributed by atoms with E-state index in [9.17, 15) is 5.11 Å². The molecule has 1 aromatic rings. The predicted molar refractivity (Wildman–Crippen MR) is 66.1 cm³/mol. The molecular weight excluding hydrogens is 204 g/mol. The second-order valence-corrected chi connectivity index (χ2v) is 6.15. The van der Waals surface area contributed by atoms with Gasteiger partial charge in [0.1, 0.15) is 0 Å². The van der Waals surface area contributed by atoms with Crippen LogP contribution in [-0.4, -0.2) is 11.2 Å². The Hall–Kier alpha value is -0.600. The van der Waals surface area contributed by atoms with Crippen molar-refractivity contribution in [3.8, 4) is 0 Å². The van der Waals surface area contributed by atoms with Crippen LogP contribution in [0.15, 0.2) is 17.5 Å². The molecule has 2 heteroatoms. The summed E-state index contributed by atoms with van der Waals surface area (Å²) in [6.07, 6.45) is 3.71.